The van der Waals surface area contributed by atoms with Crippen LogP contribution in [-0.4, -0.2) is 26.2 Å². The Morgan fingerprint density at radius 3 is 1.25 bits per heavy atom. The molecule has 4 aromatic carbocycles. The molecule has 283 valence electrons. The van der Waals surface area contributed by atoms with Crippen molar-refractivity contribution in [2.45, 2.75) is 23.6 Å². The number of sulfonamides is 2. The molecule has 0 aliphatic rings. The van der Waals surface area contributed by atoms with Crippen molar-refractivity contribution in [1.29, 1.82) is 0 Å². The fraction of sp³-hybridized carbons (Fsp3) is 0.0625. The standard InChI is InChI=1S/2C16H14ClN5O4S.Cr/c2*1-9-15(16(24)22(21-9)10-5-3-2-4-6-10)20-19-12-7-11(17)14(8-13(12)23)27(18,25)26;/h2*2-8H,1H3,(H4,18,19,20,21,23,24,25,26);/q;;+3/p-3. The van der Waals surface area contributed by atoms with E-state index in [1.807, 2.05) is 0 Å². The van der Waals surface area contributed by atoms with Gasteiger partial charge in [0.1, 0.15) is 11.4 Å². The number of benzene rings is 4. The SMILES string of the molecule is Cc1[n-]n(-c2ccccc2)c(=O)c1N=Nc1cc(Cl)c(S(N)(=O)=O)cc1[O-].Cc1[n-]n(-c2ccccc2)c(=O)c1N=Nc1cc(Cl)c(S(N)(=O)=O)cc1[O-].[Cr+3].[H+]. The van der Waals surface area contributed by atoms with E-state index < -0.39 is 52.5 Å². The van der Waals surface area contributed by atoms with E-state index >= 15 is 0 Å². The first kappa shape index (κ1) is 42.4. The van der Waals surface area contributed by atoms with Gasteiger partial charge < -0.3 is 29.8 Å². The van der Waals surface area contributed by atoms with Crippen LogP contribution in [0.3, 0.4) is 0 Å². The number of hydrogen-bond acceptors (Lipinski definition) is 12. The normalized spacial score (nSPS) is 11.7. The number of para-hydroxylation sites is 2. The van der Waals surface area contributed by atoms with Crippen LogP contribution >= 0.6 is 23.2 Å². The average molecular weight is 865 g/mol. The molecular formula is C32H25Cl2CrN10O8S2. The Hall–Kier alpha value is -5.37. The van der Waals surface area contributed by atoms with E-state index in [1.54, 1.807) is 74.5 Å². The number of rotatable bonds is 8. The van der Waals surface area contributed by atoms with Gasteiger partial charge in [0.05, 0.1) is 31.2 Å². The predicted octanol–water partition coefficient (Wildman–Crippen LogP) is 3.90. The number of aryl methyl sites for hydroxylation is 2. The smallest absolute Gasteiger partial charge is 0.871 e. The van der Waals surface area contributed by atoms with E-state index in [-0.39, 0.29) is 51.6 Å². The number of aromatic nitrogens is 4. The van der Waals surface area contributed by atoms with E-state index in [4.69, 9.17) is 33.5 Å². The van der Waals surface area contributed by atoms with Gasteiger partial charge in [0, 0.05) is 11.4 Å². The second-order valence-corrected chi connectivity index (χ2v) is 14.8. The third-order valence-electron chi connectivity index (χ3n) is 7.13. The van der Waals surface area contributed by atoms with Crippen LogP contribution in [0, 0.1) is 13.8 Å². The number of nitrogens with two attached hydrogens (primary N) is 2. The fourth-order valence-corrected chi connectivity index (χ4v) is 6.73. The molecule has 0 amide bonds. The number of halogens is 2. The van der Waals surface area contributed by atoms with Crippen LogP contribution in [0.1, 0.15) is 12.8 Å². The molecule has 0 unspecified atom stereocenters. The molecule has 55 heavy (non-hydrogen) atoms. The first-order valence-corrected chi connectivity index (χ1v) is 18.8. The summed E-state index contributed by atoms with van der Waals surface area (Å²) in [5.74, 6) is -1.51. The quantitative estimate of drug-likeness (QED) is 0.208. The van der Waals surface area contributed by atoms with Gasteiger partial charge in [-0.05, 0) is 48.5 Å². The number of nitrogens with zero attached hydrogens (tertiary/aromatic N) is 8. The van der Waals surface area contributed by atoms with E-state index in [0.29, 0.717) is 22.8 Å². The van der Waals surface area contributed by atoms with Gasteiger partial charge in [-0.3, -0.25) is 9.59 Å². The van der Waals surface area contributed by atoms with E-state index in [0.717, 1.165) is 24.3 Å². The molecule has 0 fully saturated rings. The summed E-state index contributed by atoms with van der Waals surface area (Å²) in [6.45, 7) is 3.15. The maximum atomic E-state index is 12.5. The van der Waals surface area contributed by atoms with E-state index in [2.05, 4.69) is 30.7 Å². The summed E-state index contributed by atoms with van der Waals surface area (Å²) in [4.78, 5) is 24.0. The number of hydrogen-bond donors (Lipinski definition) is 2. The van der Waals surface area contributed by atoms with Gasteiger partial charge in [0.2, 0.25) is 20.0 Å². The maximum absolute atomic E-state index is 12.5. The van der Waals surface area contributed by atoms with Gasteiger partial charge in [-0.15, -0.1) is 21.6 Å². The minimum absolute atomic E-state index is 0. The van der Waals surface area contributed by atoms with Crippen molar-refractivity contribution >= 4 is 66.0 Å². The van der Waals surface area contributed by atoms with Crippen LogP contribution in [0.15, 0.2) is 125 Å². The molecule has 0 atom stereocenters. The molecular weight excluding hydrogens is 839 g/mol. The summed E-state index contributed by atoms with van der Waals surface area (Å²) in [6, 6.07) is 21.0. The van der Waals surface area contributed by atoms with Crippen molar-refractivity contribution in [1.82, 2.24) is 19.6 Å². The fourth-order valence-electron chi connectivity index (χ4n) is 4.56. The van der Waals surface area contributed by atoms with Crippen molar-refractivity contribution in [3.63, 3.8) is 0 Å². The maximum Gasteiger partial charge on any atom is 3.00 e. The molecule has 0 bridgehead atoms. The Bertz CT molecular complexity index is 2600. The van der Waals surface area contributed by atoms with Gasteiger partial charge in [-0.2, -0.15) is 10.2 Å². The molecule has 0 aliphatic carbocycles. The van der Waals surface area contributed by atoms with Crippen LogP contribution in [0.2, 0.25) is 10.0 Å². The summed E-state index contributed by atoms with van der Waals surface area (Å²) < 4.78 is 47.8. The summed E-state index contributed by atoms with van der Waals surface area (Å²) >= 11 is 11.7. The van der Waals surface area contributed by atoms with Crippen molar-refractivity contribution in [2.75, 3.05) is 0 Å². The zero-order valence-corrected chi connectivity index (χ0v) is 32.5. The average Bonchev–Trinajstić information content (AvgIpc) is 3.57. The van der Waals surface area contributed by atoms with E-state index in [9.17, 15) is 36.6 Å². The minimum atomic E-state index is -4.15. The third kappa shape index (κ3) is 9.66. The Morgan fingerprint density at radius 2 is 0.945 bits per heavy atom. The van der Waals surface area contributed by atoms with Crippen molar-refractivity contribution in [3.05, 3.63) is 127 Å². The van der Waals surface area contributed by atoms with Gasteiger partial charge in [0.25, 0.3) is 11.1 Å². The minimum Gasteiger partial charge on any atom is -0.871 e. The van der Waals surface area contributed by atoms with Gasteiger partial charge in [-0.1, -0.05) is 84.9 Å². The molecule has 2 heterocycles. The van der Waals surface area contributed by atoms with E-state index in [1.165, 1.54) is 9.36 Å². The van der Waals surface area contributed by atoms with Crippen molar-refractivity contribution in [2.24, 2.45) is 30.7 Å². The molecule has 23 heteroatoms. The van der Waals surface area contributed by atoms with Crippen LogP contribution in [0.5, 0.6) is 11.5 Å². The first-order chi connectivity index (χ1) is 25.4. The second kappa shape index (κ2) is 17.0. The first-order valence-electron chi connectivity index (χ1n) is 14.9. The zero-order valence-electron chi connectivity index (χ0n) is 29.1. The summed E-state index contributed by atoms with van der Waals surface area (Å²) in [5, 5.41) is 56.8. The molecule has 0 aliphatic heterocycles. The van der Waals surface area contributed by atoms with Crippen LogP contribution in [0.4, 0.5) is 22.7 Å². The molecule has 0 saturated carbocycles. The third-order valence-corrected chi connectivity index (χ3v) is 9.88. The monoisotopic (exact) mass is 863 g/mol. The number of azo groups is 2. The molecule has 1 radical (unpaired) electrons. The Labute approximate surface area is 334 Å². The Balaban J connectivity index is 0.000000290. The number of primary sulfonamides is 2. The predicted molar refractivity (Wildman–Crippen MR) is 194 cm³/mol. The van der Waals surface area contributed by atoms with Crippen LogP contribution in [0.25, 0.3) is 11.4 Å². The van der Waals surface area contributed by atoms with Gasteiger partial charge in [-0.25, -0.2) is 27.1 Å². The molecule has 0 spiro atoms. The molecule has 6 rings (SSSR count). The molecule has 18 nitrogen and oxygen atoms in total. The summed E-state index contributed by atoms with van der Waals surface area (Å²) in [5.41, 5.74) is 0.130. The topological polar surface area (TPSA) is 288 Å². The molecule has 0 saturated heterocycles. The summed E-state index contributed by atoms with van der Waals surface area (Å²) in [6.07, 6.45) is 0. The summed E-state index contributed by atoms with van der Waals surface area (Å²) in [7, 11) is -8.30. The van der Waals surface area contributed by atoms with Crippen molar-refractivity contribution in [3.8, 4) is 22.9 Å². The Morgan fingerprint density at radius 1 is 0.618 bits per heavy atom. The molecule has 6 aromatic rings. The van der Waals surface area contributed by atoms with Crippen LogP contribution < -0.4 is 41.8 Å². The van der Waals surface area contributed by atoms with Crippen molar-refractivity contribution < 1.29 is 45.8 Å². The molecule has 2 aromatic heterocycles. The van der Waals surface area contributed by atoms with Crippen LogP contribution in [-0.2, 0) is 37.4 Å². The largest absolute Gasteiger partial charge is 3.00 e. The van der Waals surface area contributed by atoms with Gasteiger partial charge >= 0.3 is 18.8 Å². The second-order valence-electron chi connectivity index (χ2n) is 11.0. The van der Waals surface area contributed by atoms with Gasteiger partial charge in [0.15, 0.2) is 0 Å². The zero-order chi connectivity index (χ0) is 39.5. The molecule has 4 N–H and O–H groups in total. The Kier molecular flexibility index (Phi) is 13.1.